The molecule has 0 bridgehead atoms. The maximum absolute atomic E-state index is 11.8. The van der Waals surface area contributed by atoms with E-state index < -0.39 is 23.6 Å². The molecule has 2 rings (SSSR count). The van der Waals surface area contributed by atoms with Crippen molar-refractivity contribution in [1.29, 1.82) is 0 Å². The average Bonchev–Trinajstić information content (AvgIpc) is 2.58. The summed E-state index contributed by atoms with van der Waals surface area (Å²) in [7, 11) is 0. The molecule has 2 aromatic rings. The van der Waals surface area contributed by atoms with Crippen molar-refractivity contribution >= 4 is 12.1 Å². The molecule has 0 saturated carbocycles. The predicted octanol–water partition coefficient (Wildman–Crippen LogP) is 4.12. The number of carbonyl (C=O) groups is 2. The Bertz CT molecular complexity index is 750. The molecule has 0 aliphatic heterocycles. The zero-order chi connectivity index (χ0) is 19.2. The topological polar surface area (TPSA) is 75.6 Å². The van der Waals surface area contributed by atoms with E-state index in [1.54, 1.807) is 20.8 Å². The molecule has 0 spiro atoms. The van der Waals surface area contributed by atoms with Gasteiger partial charge in [-0.3, -0.25) is 4.79 Å². The lowest BCUT2D eigenvalue weighted by Crippen LogP contribution is -2.37. The van der Waals surface area contributed by atoms with Gasteiger partial charge < -0.3 is 15.2 Å². The molecule has 0 heterocycles. The van der Waals surface area contributed by atoms with Crippen LogP contribution in [0.2, 0.25) is 0 Å². The average molecular weight is 355 g/mol. The van der Waals surface area contributed by atoms with Gasteiger partial charge in [-0.25, -0.2) is 4.79 Å². The number of rotatable bonds is 6. The molecule has 1 amide bonds. The fourth-order valence-corrected chi connectivity index (χ4v) is 2.63. The van der Waals surface area contributed by atoms with Crippen molar-refractivity contribution < 1.29 is 19.4 Å². The largest absolute Gasteiger partial charge is 0.481 e. The molecule has 5 nitrogen and oxygen atoms in total. The molecular formula is C21H25NO4. The van der Waals surface area contributed by atoms with Crippen LogP contribution < -0.4 is 5.32 Å². The number of nitrogens with one attached hydrogen (secondary N) is 1. The Morgan fingerprint density at radius 3 is 2.27 bits per heavy atom. The first-order valence-corrected chi connectivity index (χ1v) is 8.59. The number of aliphatic carboxylic acids is 1. The second-order valence-electron chi connectivity index (χ2n) is 7.15. The zero-order valence-electron chi connectivity index (χ0n) is 15.4. The monoisotopic (exact) mass is 355 g/mol. The molecule has 0 unspecified atom stereocenters. The number of alkyl carbamates (subject to hydrolysis) is 1. The highest BCUT2D eigenvalue weighted by atomic mass is 16.6. The maximum Gasteiger partial charge on any atom is 0.407 e. The Balaban J connectivity index is 2.11. The van der Waals surface area contributed by atoms with Crippen LogP contribution in [-0.4, -0.2) is 29.3 Å². The van der Waals surface area contributed by atoms with Gasteiger partial charge >= 0.3 is 12.1 Å². The zero-order valence-corrected chi connectivity index (χ0v) is 15.4. The van der Waals surface area contributed by atoms with Crippen LogP contribution in [0.1, 0.15) is 26.3 Å². The highest BCUT2D eigenvalue weighted by Gasteiger charge is 2.22. The number of carbonyl (C=O) groups excluding carboxylic acids is 1. The molecule has 0 aliphatic rings. The Morgan fingerprint density at radius 2 is 1.65 bits per heavy atom. The molecule has 0 saturated heterocycles. The smallest absolute Gasteiger partial charge is 0.407 e. The van der Waals surface area contributed by atoms with Crippen molar-refractivity contribution in [1.82, 2.24) is 5.32 Å². The lowest BCUT2D eigenvalue weighted by Gasteiger charge is -2.21. The van der Waals surface area contributed by atoms with Crippen LogP contribution in [0, 0.1) is 5.92 Å². The van der Waals surface area contributed by atoms with Crippen molar-refractivity contribution in [3.8, 4) is 11.1 Å². The van der Waals surface area contributed by atoms with E-state index in [1.807, 2.05) is 54.6 Å². The van der Waals surface area contributed by atoms with Gasteiger partial charge in [-0.1, -0.05) is 54.6 Å². The number of carboxylic acid groups (broad SMARTS) is 1. The number of hydrogen-bond donors (Lipinski definition) is 2. The summed E-state index contributed by atoms with van der Waals surface area (Å²) < 4.78 is 5.17. The SMILES string of the molecule is CC(C)(C)OC(=O)NC[C@@H](Cc1ccccc1-c1ccccc1)C(=O)O. The maximum atomic E-state index is 11.8. The summed E-state index contributed by atoms with van der Waals surface area (Å²) in [5, 5.41) is 12.1. The minimum absolute atomic E-state index is 0.00731. The van der Waals surface area contributed by atoms with Gasteiger partial charge in [0.25, 0.3) is 0 Å². The first-order chi connectivity index (χ1) is 12.3. The van der Waals surface area contributed by atoms with Crippen molar-refractivity contribution in [3.63, 3.8) is 0 Å². The van der Waals surface area contributed by atoms with E-state index in [1.165, 1.54) is 0 Å². The number of hydrogen-bond acceptors (Lipinski definition) is 3. The van der Waals surface area contributed by atoms with E-state index >= 15 is 0 Å². The Labute approximate surface area is 154 Å². The van der Waals surface area contributed by atoms with E-state index in [-0.39, 0.29) is 6.54 Å². The van der Waals surface area contributed by atoms with Gasteiger partial charge in [0.1, 0.15) is 5.60 Å². The van der Waals surface area contributed by atoms with E-state index in [0.29, 0.717) is 6.42 Å². The first-order valence-electron chi connectivity index (χ1n) is 8.59. The third-order valence-corrected chi connectivity index (χ3v) is 3.81. The van der Waals surface area contributed by atoms with Gasteiger partial charge in [0, 0.05) is 6.54 Å². The molecular weight excluding hydrogens is 330 g/mol. The summed E-state index contributed by atoms with van der Waals surface area (Å²) in [4.78, 5) is 23.5. The van der Waals surface area contributed by atoms with Crippen LogP contribution in [0.25, 0.3) is 11.1 Å². The third kappa shape index (κ3) is 5.92. The summed E-state index contributed by atoms with van der Waals surface area (Å²) in [5.41, 5.74) is 2.34. The van der Waals surface area contributed by atoms with Gasteiger partial charge in [-0.2, -0.15) is 0 Å². The second-order valence-corrected chi connectivity index (χ2v) is 7.15. The van der Waals surface area contributed by atoms with Crippen LogP contribution >= 0.6 is 0 Å². The van der Waals surface area contributed by atoms with Crippen LogP contribution in [0.4, 0.5) is 4.79 Å². The minimum atomic E-state index is -0.955. The summed E-state index contributed by atoms with van der Waals surface area (Å²) in [5.74, 6) is -1.70. The fraction of sp³-hybridized carbons (Fsp3) is 0.333. The molecule has 2 N–H and O–H groups in total. The van der Waals surface area contributed by atoms with Crippen LogP contribution in [0.5, 0.6) is 0 Å². The number of carboxylic acids is 1. The van der Waals surface area contributed by atoms with Gasteiger partial charge in [0.15, 0.2) is 0 Å². The molecule has 0 aromatic heterocycles. The molecule has 5 heteroatoms. The quantitative estimate of drug-likeness (QED) is 0.817. The predicted molar refractivity (Wildman–Crippen MR) is 101 cm³/mol. The summed E-state index contributed by atoms with van der Waals surface area (Å²) in [6.07, 6.45) is -0.295. The lowest BCUT2D eigenvalue weighted by atomic mass is 9.92. The number of benzene rings is 2. The van der Waals surface area contributed by atoms with E-state index in [2.05, 4.69) is 5.32 Å². The molecule has 26 heavy (non-hydrogen) atoms. The van der Waals surface area contributed by atoms with Crippen LogP contribution in [-0.2, 0) is 16.0 Å². The molecule has 0 radical (unpaired) electrons. The second kappa shape index (κ2) is 8.52. The third-order valence-electron chi connectivity index (χ3n) is 3.81. The molecule has 2 aromatic carbocycles. The van der Waals surface area contributed by atoms with Gasteiger partial charge in [0.2, 0.25) is 0 Å². The summed E-state index contributed by atoms with van der Waals surface area (Å²) >= 11 is 0. The highest BCUT2D eigenvalue weighted by Crippen LogP contribution is 2.25. The Morgan fingerprint density at radius 1 is 1.04 bits per heavy atom. The molecule has 0 fully saturated rings. The van der Waals surface area contributed by atoms with E-state index in [9.17, 15) is 14.7 Å². The Kier molecular flexibility index (Phi) is 6.39. The molecule has 1 atom stereocenters. The number of ether oxygens (including phenoxy) is 1. The summed E-state index contributed by atoms with van der Waals surface area (Å²) in [6, 6.07) is 17.5. The van der Waals surface area contributed by atoms with Gasteiger partial charge in [0.05, 0.1) is 5.92 Å². The van der Waals surface area contributed by atoms with E-state index in [4.69, 9.17) is 4.74 Å². The minimum Gasteiger partial charge on any atom is -0.481 e. The standard InChI is InChI=1S/C21H25NO4/c1-21(2,3)26-20(25)22-14-17(19(23)24)13-16-11-7-8-12-18(16)15-9-5-4-6-10-15/h4-12,17H,13-14H2,1-3H3,(H,22,25)(H,23,24)/t17-/m1/s1. The Hall–Kier alpha value is -2.82. The van der Waals surface area contributed by atoms with Crippen molar-refractivity contribution in [2.45, 2.75) is 32.8 Å². The first kappa shape index (κ1) is 19.5. The normalized spacial score (nSPS) is 12.3. The van der Waals surface area contributed by atoms with E-state index in [0.717, 1.165) is 16.7 Å². The molecule has 0 aliphatic carbocycles. The van der Waals surface area contributed by atoms with Crippen LogP contribution in [0.15, 0.2) is 54.6 Å². The van der Waals surface area contributed by atoms with Crippen molar-refractivity contribution in [2.24, 2.45) is 5.92 Å². The van der Waals surface area contributed by atoms with Crippen LogP contribution in [0.3, 0.4) is 0 Å². The highest BCUT2D eigenvalue weighted by molar-refractivity contribution is 5.74. The van der Waals surface area contributed by atoms with Gasteiger partial charge in [-0.05, 0) is 43.9 Å². The molecule has 138 valence electrons. The lowest BCUT2D eigenvalue weighted by molar-refractivity contribution is -0.141. The van der Waals surface area contributed by atoms with Gasteiger partial charge in [-0.15, -0.1) is 0 Å². The number of amides is 1. The van der Waals surface area contributed by atoms with Crippen molar-refractivity contribution in [3.05, 3.63) is 60.2 Å². The van der Waals surface area contributed by atoms with Crippen molar-refractivity contribution in [2.75, 3.05) is 6.54 Å². The summed E-state index contributed by atoms with van der Waals surface area (Å²) in [6.45, 7) is 5.29. The fourth-order valence-electron chi connectivity index (χ4n) is 2.63.